The number of alkyl halides is 3. The molecule has 0 aromatic carbocycles. The molecule has 0 aliphatic carbocycles. The summed E-state index contributed by atoms with van der Waals surface area (Å²) < 4.78 is 38.7. The van der Waals surface area contributed by atoms with Crippen molar-refractivity contribution >= 4 is 11.7 Å². The number of anilines is 1. The van der Waals surface area contributed by atoms with E-state index in [0.717, 1.165) is 6.07 Å². The van der Waals surface area contributed by atoms with E-state index in [1.54, 1.807) is 20.8 Å². The Labute approximate surface area is 121 Å². The molecular weight excluding hydrogens is 283 g/mol. The maximum atomic E-state index is 12.9. The van der Waals surface area contributed by atoms with Gasteiger partial charge >= 0.3 is 6.18 Å². The largest absolute Gasteiger partial charge is 0.419 e. The van der Waals surface area contributed by atoms with Gasteiger partial charge in [0.1, 0.15) is 5.82 Å². The molecule has 0 bridgehead atoms. The number of amides is 1. The van der Waals surface area contributed by atoms with Crippen molar-refractivity contribution in [1.82, 2.24) is 10.3 Å². The van der Waals surface area contributed by atoms with Crippen LogP contribution in [-0.2, 0) is 11.0 Å². The van der Waals surface area contributed by atoms with Crippen LogP contribution in [0.5, 0.6) is 0 Å². The quantitative estimate of drug-likeness (QED) is 0.912. The highest BCUT2D eigenvalue weighted by Gasteiger charge is 2.39. The highest BCUT2D eigenvalue weighted by atomic mass is 19.4. The number of rotatable bonds is 2. The second kappa shape index (κ2) is 5.20. The molecule has 1 aliphatic heterocycles. The van der Waals surface area contributed by atoms with Crippen molar-refractivity contribution in [2.24, 2.45) is 5.41 Å². The summed E-state index contributed by atoms with van der Waals surface area (Å²) in [6, 6.07) is 2.15. The molecule has 7 heteroatoms. The van der Waals surface area contributed by atoms with Gasteiger partial charge in [-0.25, -0.2) is 4.98 Å². The Morgan fingerprint density at radius 2 is 1.95 bits per heavy atom. The van der Waals surface area contributed by atoms with Crippen LogP contribution in [0.2, 0.25) is 0 Å². The number of hydrogen-bond acceptors (Lipinski definition) is 3. The average Bonchev–Trinajstić information content (AvgIpc) is 2.30. The maximum Gasteiger partial charge on any atom is 0.419 e. The highest BCUT2D eigenvalue weighted by molar-refractivity contribution is 5.82. The monoisotopic (exact) mass is 301 g/mol. The average molecular weight is 301 g/mol. The van der Waals surface area contributed by atoms with E-state index in [0.29, 0.717) is 13.1 Å². The molecule has 1 aliphatic rings. The van der Waals surface area contributed by atoms with Gasteiger partial charge in [-0.05, 0) is 12.1 Å². The minimum atomic E-state index is -4.43. The topological polar surface area (TPSA) is 45.2 Å². The second-order valence-corrected chi connectivity index (χ2v) is 6.20. The van der Waals surface area contributed by atoms with Crippen molar-refractivity contribution in [2.75, 3.05) is 18.0 Å². The number of nitrogens with one attached hydrogen (secondary N) is 1. The van der Waals surface area contributed by atoms with Crippen molar-refractivity contribution in [1.29, 1.82) is 0 Å². The lowest BCUT2D eigenvalue weighted by molar-refractivity contribution is -0.137. The molecule has 21 heavy (non-hydrogen) atoms. The molecule has 2 heterocycles. The van der Waals surface area contributed by atoms with Gasteiger partial charge in [0.2, 0.25) is 5.91 Å². The van der Waals surface area contributed by atoms with E-state index >= 15 is 0 Å². The molecule has 0 radical (unpaired) electrons. The Morgan fingerprint density at radius 3 is 2.48 bits per heavy atom. The first-order valence-corrected chi connectivity index (χ1v) is 6.67. The van der Waals surface area contributed by atoms with Gasteiger partial charge in [0, 0.05) is 24.7 Å². The lowest BCUT2D eigenvalue weighted by Gasteiger charge is -2.42. The Kier molecular flexibility index (Phi) is 3.86. The zero-order valence-corrected chi connectivity index (χ0v) is 12.2. The zero-order chi connectivity index (χ0) is 15.8. The van der Waals surface area contributed by atoms with Gasteiger partial charge in [0.15, 0.2) is 0 Å². The van der Waals surface area contributed by atoms with Crippen molar-refractivity contribution in [3.63, 3.8) is 0 Å². The molecule has 1 amide bonds. The molecule has 0 unspecified atom stereocenters. The Morgan fingerprint density at radius 1 is 1.33 bits per heavy atom. The first-order chi connectivity index (χ1) is 9.59. The van der Waals surface area contributed by atoms with Gasteiger partial charge in [-0.1, -0.05) is 20.8 Å². The fourth-order valence-corrected chi connectivity index (χ4v) is 2.01. The third kappa shape index (κ3) is 3.46. The van der Waals surface area contributed by atoms with E-state index in [1.165, 1.54) is 17.2 Å². The molecule has 1 fully saturated rings. The molecule has 0 spiro atoms. The molecule has 0 atom stereocenters. The Bertz CT molecular complexity index is 531. The van der Waals surface area contributed by atoms with Crippen LogP contribution in [0.25, 0.3) is 0 Å². The number of aromatic nitrogens is 1. The number of carbonyl (C=O) groups is 1. The van der Waals surface area contributed by atoms with Gasteiger partial charge < -0.3 is 10.2 Å². The molecule has 1 saturated heterocycles. The molecule has 1 N–H and O–H groups in total. The predicted octanol–water partition coefficient (Wildman–Crippen LogP) is 2.45. The first kappa shape index (κ1) is 15.6. The van der Waals surface area contributed by atoms with Gasteiger partial charge in [0.05, 0.1) is 11.6 Å². The van der Waals surface area contributed by atoms with Crippen molar-refractivity contribution in [3.05, 3.63) is 23.9 Å². The van der Waals surface area contributed by atoms with Crippen LogP contribution in [0, 0.1) is 5.41 Å². The van der Waals surface area contributed by atoms with E-state index in [4.69, 9.17) is 0 Å². The van der Waals surface area contributed by atoms with Crippen LogP contribution in [-0.4, -0.2) is 30.0 Å². The van der Waals surface area contributed by atoms with Gasteiger partial charge in [-0.3, -0.25) is 4.79 Å². The molecule has 116 valence electrons. The summed E-state index contributed by atoms with van der Waals surface area (Å²) in [5, 5.41) is 2.82. The van der Waals surface area contributed by atoms with Crippen molar-refractivity contribution in [2.45, 2.75) is 33.0 Å². The zero-order valence-electron chi connectivity index (χ0n) is 12.2. The number of hydrogen-bond donors (Lipinski definition) is 1. The van der Waals surface area contributed by atoms with Gasteiger partial charge in [-0.15, -0.1) is 0 Å². The van der Waals surface area contributed by atoms with E-state index in [2.05, 4.69) is 10.3 Å². The summed E-state index contributed by atoms with van der Waals surface area (Å²) in [5.41, 5.74) is -1.26. The normalized spacial score (nSPS) is 16.6. The van der Waals surface area contributed by atoms with Crippen LogP contribution in [0.1, 0.15) is 26.3 Å². The maximum absolute atomic E-state index is 12.9. The Hall–Kier alpha value is -1.79. The Balaban J connectivity index is 2.01. The van der Waals surface area contributed by atoms with E-state index in [-0.39, 0.29) is 17.8 Å². The fraction of sp³-hybridized carbons (Fsp3) is 0.571. The minimum absolute atomic E-state index is 0.0775. The van der Waals surface area contributed by atoms with Crippen molar-refractivity contribution < 1.29 is 18.0 Å². The molecular formula is C14H18F3N3O. The fourth-order valence-electron chi connectivity index (χ4n) is 2.01. The summed E-state index contributed by atoms with van der Waals surface area (Å²) in [5.74, 6) is -0.185. The van der Waals surface area contributed by atoms with Crippen LogP contribution in [0.3, 0.4) is 0 Å². The van der Waals surface area contributed by atoms with E-state index in [1.807, 2.05) is 0 Å². The standard InChI is InChI=1S/C14H18F3N3O/c1-13(2,3)12(21)19-9-7-20(8-9)11-10(14(15,16)17)5-4-6-18-11/h4-6,9H,7-8H2,1-3H3,(H,19,21). The number of carbonyl (C=O) groups excluding carboxylic acids is 1. The van der Waals surface area contributed by atoms with E-state index < -0.39 is 17.2 Å². The molecule has 1 aromatic heterocycles. The molecule has 2 rings (SSSR count). The van der Waals surface area contributed by atoms with Crippen LogP contribution in [0.4, 0.5) is 19.0 Å². The highest BCUT2D eigenvalue weighted by Crippen LogP contribution is 2.36. The lowest BCUT2D eigenvalue weighted by atomic mass is 9.94. The summed E-state index contributed by atoms with van der Waals surface area (Å²) in [6.45, 7) is 6.04. The summed E-state index contributed by atoms with van der Waals surface area (Å²) in [4.78, 5) is 17.2. The number of halogens is 3. The van der Waals surface area contributed by atoms with E-state index in [9.17, 15) is 18.0 Å². The third-order valence-electron chi connectivity index (χ3n) is 3.29. The minimum Gasteiger partial charge on any atom is -0.352 e. The van der Waals surface area contributed by atoms with Crippen molar-refractivity contribution in [3.8, 4) is 0 Å². The molecule has 4 nitrogen and oxygen atoms in total. The number of pyridine rings is 1. The number of nitrogens with zero attached hydrogens (tertiary/aromatic N) is 2. The summed E-state index contributed by atoms with van der Waals surface area (Å²) >= 11 is 0. The smallest absolute Gasteiger partial charge is 0.352 e. The molecule has 1 aromatic rings. The van der Waals surface area contributed by atoms with Crippen LogP contribution in [0.15, 0.2) is 18.3 Å². The first-order valence-electron chi connectivity index (χ1n) is 6.67. The summed E-state index contributed by atoms with van der Waals surface area (Å²) in [6.07, 6.45) is -3.09. The van der Waals surface area contributed by atoms with Crippen LogP contribution >= 0.6 is 0 Å². The van der Waals surface area contributed by atoms with Gasteiger partial charge in [0.25, 0.3) is 0 Å². The van der Waals surface area contributed by atoms with Gasteiger partial charge in [-0.2, -0.15) is 13.2 Å². The molecule has 0 saturated carbocycles. The summed E-state index contributed by atoms with van der Waals surface area (Å²) in [7, 11) is 0. The predicted molar refractivity (Wildman–Crippen MR) is 72.8 cm³/mol. The van der Waals surface area contributed by atoms with Crippen LogP contribution < -0.4 is 10.2 Å². The SMILES string of the molecule is CC(C)(C)C(=O)NC1CN(c2ncccc2C(F)(F)F)C1. The third-order valence-corrected chi connectivity index (χ3v) is 3.29. The second-order valence-electron chi connectivity index (χ2n) is 6.20. The lowest BCUT2D eigenvalue weighted by Crippen LogP contribution is -2.61.